The van der Waals surface area contributed by atoms with Crippen molar-refractivity contribution >= 4 is 35.0 Å². The molecule has 1 N–H and O–H groups in total. The van der Waals surface area contributed by atoms with Gasteiger partial charge < -0.3 is 10.2 Å². The molecule has 0 unspecified atom stereocenters. The summed E-state index contributed by atoms with van der Waals surface area (Å²) >= 11 is 11.9. The Balaban J connectivity index is 1.56. The van der Waals surface area contributed by atoms with Crippen molar-refractivity contribution in [2.24, 2.45) is 0 Å². The van der Waals surface area contributed by atoms with E-state index in [4.69, 9.17) is 23.2 Å². The lowest BCUT2D eigenvalue weighted by molar-refractivity contribution is 0.0698. The van der Waals surface area contributed by atoms with Crippen LogP contribution >= 0.6 is 23.2 Å². The van der Waals surface area contributed by atoms with E-state index >= 15 is 0 Å². The fourth-order valence-corrected chi connectivity index (χ4v) is 3.49. The van der Waals surface area contributed by atoms with Gasteiger partial charge in [-0.1, -0.05) is 29.3 Å². The molecule has 1 aliphatic rings. The van der Waals surface area contributed by atoms with E-state index in [0.717, 1.165) is 24.0 Å². The predicted octanol–water partition coefficient (Wildman–Crippen LogP) is 4.64. The Morgan fingerprint density at radius 3 is 2.22 bits per heavy atom. The van der Waals surface area contributed by atoms with Gasteiger partial charge in [0.15, 0.2) is 0 Å². The molecule has 0 radical (unpaired) electrons. The highest BCUT2D eigenvalue weighted by Crippen LogP contribution is 2.23. The number of benzene rings is 2. The smallest absolute Gasteiger partial charge is 0.253 e. The predicted molar refractivity (Wildman–Crippen MR) is 109 cm³/mol. The normalized spacial score (nSPS) is 14.9. The summed E-state index contributed by atoms with van der Waals surface area (Å²) in [4.78, 5) is 26.9. The number of hydrogen-bond donors (Lipinski definition) is 1. The van der Waals surface area contributed by atoms with E-state index in [2.05, 4.69) is 5.32 Å². The number of rotatable bonds is 3. The van der Waals surface area contributed by atoms with Gasteiger partial charge >= 0.3 is 0 Å². The maximum Gasteiger partial charge on any atom is 0.253 e. The zero-order valence-electron chi connectivity index (χ0n) is 15.4. The molecule has 1 aliphatic heterocycles. The van der Waals surface area contributed by atoms with E-state index in [1.165, 1.54) is 5.56 Å². The van der Waals surface area contributed by atoms with Gasteiger partial charge in [0.05, 0.1) is 10.0 Å². The summed E-state index contributed by atoms with van der Waals surface area (Å²) in [6.45, 7) is 5.29. The summed E-state index contributed by atoms with van der Waals surface area (Å²) in [6.07, 6.45) is 1.45. The number of piperidine rings is 1. The van der Waals surface area contributed by atoms with Crippen molar-refractivity contribution in [2.75, 3.05) is 13.1 Å². The standard InChI is InChI=1S/C21H22Cl2N2O2/c1-13-3-4-16(11-14(13)2)21(27)25-9-7-17(8-10-25)24-20(26)15-5-6-18(22)19(23)12-15/h3-6,11-12,17H,7-10H2,1-2H3,(H,24,26). The van der Waals surface area contributed by atoms with Gasteiger partial charge in [-0.3, -0.25) is 9.59 Å². The number of carbonyl (C=O) groups is 2. The molecule has 27 heavy (non-hydrogen) atoms. The number of carbonyl (C=O) groups excluding carboxylic acids is 2. The number of likely N-dealkylation sites (tertiary alicyclic amines) is 1. The third-order valence-corrected chi connectivity index (χ3v) is 5.79. The number of amides is 2. The fraction of sp³-hybridized carbons (Fsp3) is 0.333. The minimum atomic E-state index is -0.174. The van der Waals surface area contributed by atoms with Crippen molar-refractivity contribution in [3.8, 4) is 0 Å². The summed E-state index contributed by atoms with van der Waals surface area (Å²) in [5, 5.41) is 3.80. The average molecular weight is 405 g/mol. The van der Waals surface area contributed by atoms with Crippen LogP contribution in [0.15, 0.2) is 36.4 Å². The fourth-order valence-electron chi connectivity index (χ4n) is 3.19. The molecule has 2 aromatic rings. The molecular weight excluding hydrogens is 383 g/mol. The van der Waals surface area contributed by atoms with E-state index in [1.807, 2.05) is 36.9 Å². The van der Waals surface area contributed by atoms with Gasteiger partial charge in [0.2, 0.25) is 0 Å². The van der Waals surface area contributed by atoms with Crippen LogP contribution in [0.25, 0.3) is 0 Å². The van der Waals surface area contributed by atoms with Gasteiger partial charge in [0.25, 0.3) is 11.8 Å². The third kappa shape index (κ3) is 4.63. The molecule has 0 spiro atoms. The molecule has 1 fully saturated rings. The van der Waals surface area contributed by atoms with E-state index in [1.54, 1.807) is 18.2 Å². The minimum Gasteiger partial charge on any atom is -0.349 e. The van der Waals surface area contributed by atoms with Crippen LogP contribution in [0.1, 0.15) is 44.7 Å². The number of halogens is 2. The van der Waals surface area contributed by atoms with Gasteiger partial charge in [-0.25, -0.2) is 0 Å². The second kappa shape index (κ2) is 8.32. The monoisotopic (exact) mass is 404 g/mol. The van der Waals surface area contributed by atoms with E-state index in [9.17, 15) is 9.59 Å². The molecule has 142 valence electrons. The van der Waals surface area contributed by atoms with Crippen LogP contribution < -0.4 is 5.32 Å². The van der Waals surface area contributed by atoms with Gasteiger partial charge in [0, 0.05) is 30.3 Å². The molecule has 3 rings (SSSR count). The first-order valence-corrected chi connectivity index (χ1v) is 9.73. The Hall–Kier alpha value is -2.04. The number of nitrogens with zero attached hydrogens (tertiary/aromatic N) is 1. The molecule has 0 saturated carbocycles. The summed E-state index contributed by atoms with van der Waals surface area (Å²) in [6, 6.07) is 10.7. The molecule has 1 heterocycles. The van der Waals surface area contributed by atoms with Gasteiger partial charge in [-0.2, -0.15) is 0 Å². The Bertz CT molecular complexity index is 874. The maximum atomic E-state index is 12.7. The molecule has 4 nitrogen and oxygen atoms in total. The first-order chi connectivity index (χ1) is 12.8. The Labute approximate surface area is 169 Å². The van der Waals surface area contributed by atoms with Crippen LogP contribution in [0.5, 0.6) is 0 Å². The molecule has 0 atom stereocenters. The lowest BCUT2D eigenvalue weighted by atomic mass is 10.0. The SMILES string of the molecule is Cc1ccc(C(=O)N2CCC(NC(=O)c3ccc(Cl)c(Cl)c3)CC2)cc1C. The number of hydrogen-bond acceptors (Lipinski definition) is 2. The van der Waals surface area contributed by atoms with Gasteiger partial charge in [-0.05, 0) is 68.1 Å². The maximum absolute atomic E-state index is 12.7. The quantitative estimate of drug-likeness (QED) is 0.809. The Morgan fingerprint density at radius 1 is 0.926 bits per heavy atom. The molecule has 0 aliphatic carbocycles. The van der Waals surface area contributed by atoms with Crippen LogP contribution in [0.2, 0.25) is 10.0 Å². The average Bonchev–Trinajstić information content (AvgIpc) is 2.66. The molecule has 2 amide bonds. The van der Waals surface area contributed by atoms with Crippen LogP contribution in [0.4, 0.5) is 0 Å². The lowest BCUT2D eigenvalue weighted by Gasteiger charge is -2.32. The Morgan fingerprint density at radius 2 is 1.59 bits per heavy atom. The van der Waals surface area contributed by atoms with Crippen molar-refractivity contribution in [3.63, 3.8) is 0 Å². The zero-order valence-corrected chi connectivity index (χ0v) is 16.9. The van der Waals surface area contributed by atoms with Crippen molar-refractivity contribution in [2.45, 2.75) is 32.7 Å². The Kier molecular flexibility index (Phi) is 6.08. The van der Waals surface area contributed by atoms with Crippen LogP contribution in [-0.2, 0) is 0 Å². The van der Waals surface area contributed by atoms with E-state index in [0.29, 0.717) is 28.7 Å². The van der Waals surface area contributed by atoms with Crippen molar-refractivity contribution < 1.29 is 9.59 Å². The summed E-state index contributed by atoms with van der Waals surface area (Å²) in [5.74, 6) is -0.125. The number of nitrogens with one attached hydrogen (secondary N) is 1. The van der Waals surface area contributed by atoms with Crippen LogP contribution in [0.3, 0.4) is 0 Å². The molecule has 6 heteroatoms. The van der Waals surface area contributed by atoms with E-state index in [-0.39, 0.29) is 17.9 Å². The first kappa shape index (κ1) is 19.7. The summed E-state index contributed by atoms with van der Waals surface area (Å²) in [7, 11) is 0. The highest BCUT2D eigenvalue weighted by atomic mass is 35.5. The third-order valence-electron chi connectivity index (χ3n) is 5.05. The molecule has 1 saturated heterocycles. The van der Waals surface area contributed by atoms with Gasteiger partial charge in [-0.15, -0.1) is 0 Å². The zero-order chi connectivity index (χ0) is 19.6. The van der Waals surface area contributed by atoms with E-state index < -0.39 is 0 Å². The van der Waals surface area contributed by atoms with Crippen LogP contribution in [0, 0.1) is 13.8 Å². The molecule has 0 bridgehead atoms. The lowest BCUT2D eigenvalue weighted by Crippen LogP contribution is -2.46. The van der Waals surface area contributed by atoms with Crippen molar-refractivity contribution in [1.82, 2.24) is 10.2 Å². The summed E-state index contributed by atoms with van der Waals surface area (Å²) in [5.41, 5.74) is 3.49. The van der Waals surface area contributed by atoms with Crippen LogP contribution in [-0.4, -0.2) is 35.8 Å². The highest BCUT2D eigenvalue weighted by molar-refractivity contribution is 6.42. The molecule has 0 aromatic heterocycles. The second-order valence-corrected chi connectivity index (χ2v) is 7.78. The number of aryl methyl sites for hydroxylation is 2. The largest absolute Gasteiger partial charge is 0.349 e. The highest BCUT2D eigenvalue weighted by Gasteiger charge is 2.25. The summed E-state index contributed by atoms with van der Waals surface area (Å²) < 4.78 is 0. The second-order valence-electron chi connectivity index (χ2n) is 6.97. The van der Waals surface area contributed by atoms with Gasteiger partial charge in [0.1, 0.15) is 0 Å². The topological polar surface area (TPSA) is 49.4 Å². The first-order valence-electron chi connectivity index (χ1n) is 8.97. The molecule has 2 aromatic carbocycles. The molecular formula is C21H22Cl2N2O2. The van der Waals surface area contributed by atoms with Crippen molar-refractivity contribution in [1.29, 1.82) is 0 Å². The minimum absolute atomic E-state index is 0.0377. The van der Waals surface area contributed by atoms with Crippen molar-refractivity contribution in [3.05, 3.63) is 68.7 Å².